The van der Waals surface area contributed by atoms with Crippen LogP contribution in [0.15, 0.2) is 0 Å². The molecule has 0 aromatic rings. The molecule has 0 aromatic heterocycles. The van der Waals surface area contributed by atoms with Crippen molar-refractivity contribution >= 4 is 40.5 Å². The first kappa shape index (κ1) is 38.4. The maximum atomic E-state index is 13.4. The third kappa shape index (κ3) is 4.47. The SMILES string of the molecule is CO[C@H]1O[C@H](C(O)C(C)=O)[C@](O)([C@@H]2O[C@H](C(O)C(C)=O)[C@@](O)(C(C)=O)[C@@](O)(C(C)=O)[C@]2(O)C(C)=O)[C@@](O)(C(C)=O)[C@]1(O)C(C)=O. The fraction of sp³-hybridized carbons (Fsp3) is 0.741. The van der Waals surface area contributed by atoms with Crippen molar-refractivity contribution in [3.63, 3.8) is 0 Å². The highest BCUT2D eigenvalue weighted by Crippen LogP contribution is 2.57. The molecule has 2 rings (SSSR count). The van der Waals surface area contributed by atoms with Gasteiger partial charge in [0.2, 0.25) is 5.60 Å². The number of ether oxygens (including phenoxy) is 3. The molecule has 2 unspecified atom stereocenters. The van der Waals surface area contributed by atoms with E-state index < -0.39 is 111 Å². The van der Waals surface area contributed by atoms with Crippen LogP contribution in [0.25, 0.3) is 0 Å². The van der Waals surface area contributed by atoms with Crippen LogP contribution in [-0.4, -0.2) is 159 Å². The standard InChI is InChI=1S/C27H38O18/c1-9(28)16(35)18-22(37,11(3)30)26(41,14(6)33)23(38,12(4)31)20(44-18)25(40)19(17(36)10(2)29)45-21(43-8)24(39,13(5)32)27(25,42)15(7)34/h16-21,35-42H,1-8H3/t16?,17?,18-,19-,20-,21+,22+,23+,24+,25+,26+,27-/m1/s1. The maximum absolute atomic E-state index is 13.4. The second kappa shape index (κ2) is 11.8. The van der Waals surface area contributed by atoms with E-state index >= 15 is 0 Å². The predicted molar refractivity (Wildman–Crippen MR) is 141 cm³/mol. The Hall–Kier alpha value is -2.75. The second-order valence-electron chi connectivity index (χ2n) is 11.5. The summed E-state index contributed by atoms with van der Waals surface area (Å²) in [6.07, 6.45) is -17.4. The summed E-state index contributed by atoms with van der Waals surface area (Å²) >= 11 is 0. The average Bonchev–Trinajstić information content (AvgIpc) is 2.93. The number of carbonyl (C=O) groups excluding carboxylic acids is 7. The topological polar surface area (TPSA) is 309 Å². The van der Waals surface area contributed by atoms with Gasteiger partial charge in [-0.25, -0.2) is 0 Å². The Morgan fingerprint density at radius 2 is 0.933 bits per heavy atom. The summed E-state index contributed by atoms with van der Waals surface area (Å²) in [6, 6.07) is 0. The lowest BCUT2D eigenvalue weighted by atomic mass is 9.51. The van der Waals surface area contributed by atoms with Crippen molar-refractivity contribution < 1.29 is 88.6 Å². The van der Waals surface area contributed by atoms with Gasteiger partial charge in [0.15, 0.2) is 74.8 Å². The van der Waals surface area contributed by atoms with Gasteiger partial charge in [-0.15, -0.1) is 0 Å². The number of aliphatic hydroxyl groups excluding tert-OH is 2. The van der Waals surface area contributed by atoms with Crippen LogP contribution in [0.2, 0.25) is 0 Å². The molecule has 18 heteroatoms. The Morgan fingerprint density at radius 1 is 0.556 bits per heavy atom. The zero-order chi connectivity index (χ0) is 35.6. The number of methoxy groups -OCH3 is 1. The van der Waals surface area contributed by atoms with Crippen LogP contribution in [0.4, 0.5) is 0 Å². The zero-order valence-corrected chi connectivity index (χ0v) is 25.6. The van der Waals surface area contributed by atoms with Crippen LogP contribution in [-0.2, 0) is 47.8 Å². The Kier molecular flexibility index (Phi) is 10.1. The van der Waals surface area contributed by atoms with Crippen molar-refractivity contribution in [2.24, 2.45) is 0 Å². The third-order valence-electron chi connectivity index (χ3n) is 9.00. The minimum atomic E-state index is -4.28. The lowest BCUT2D eigenvalue weighted by Gasteiger charge is -2.66. The molecular weight excluding hydrogens is 612 g/mol. The van der Waals surface area contributed by atoms with Crippen LogP contribution in [0.5, 0.6) is 0 Å². The van der Waals surface area contributed by atoms with E-state index in [0.29, 0.717) is 48.5 Å². The second-order valence-corrected chi connectivity index (χ2v) is 11.5. The highest BCUT2D eigenvalue weighted by molar-refractivity contribution is 6.06. The van der Waals surface area contributed by atoms with Crippen molar-refractivity contribution in [2.45, 2.75) is 119 Å². The smallest absolute Gasteiger partial charge is 0.212 e. The van der Waals surface area contributed by atoms with Gasteiger partial charge in [0, 0.05) is 7.11 Å². The van der Waals surface area contributed by atoms with E-state index in [-0.39, 0.29) is 0 Å². The highest BCUT2D eigenvalue weighted by atomic mass is 16.7. The molecule has 12 atom stereocenters. The van der Waals surface area contributed by atoms with Crippen LogP contribution in [0.1, 0.15) is 48.5 Å². The monoisotopic (exact) mass is 650 g/mol. The predicted octanol–water partition coefficient (Wildman–Crippen LogP) is -5.64. The van der Waals surface area contributed by atoms with E-state index in [0.717, 1.165) is 7.11 Å². The normalized spacial score (nSPS) is 43.1. The molecule has 0 amide bonds. The van der Waals surface area contributed by atoms with Gasteiger partial charge in [-0.3, -0.25) is 33.6 Å². The molecule has 0 spiro atoms. The van der Waals surface area contributed by atoms with E-state index in [2.05, 4.69) is 0 Å². The Balaban J connectivity index is 3.41. The first-order valence-corrected chi connectivity index (χ1v) is 13.3. The summed E-state index contributed by atoms with van der Waals surface area (Å²) < 4.78 is 15.7. The molecule has 2 aliphatic heterocycles. The lowest BCUT2D eigenvalue weighted by molar-refractivity contribution is -0.425. The molecule has 254 valence electrons. The summed E-state index contributed by atoms with van der Waals surface area (Å²) in [5.41, 5.74) is -24.8. The van der Waals surface area contributed by atoms with Gasteiger partial charge in [-0.05, 0) is 48.5 Å². The van der Waals surface area contributed by atoms with Gasteiger partial charge in [-0.2, -0.15) is 0 Å². The van der Waals surface area contributed by atoms with Crippen LogP contribution in [0.3, 0.4) is 0 Å². The number of Topliss-reactive ketones (excluding diaryl/α,β-unsaturated/α-hetero) is 7. The molecule has 18 nitrogen and oxygen atoms in total. The molecule has 0 aromatic carbocycles. The highest BCUT2D eigenvalue weighted by Gasteiger charge is 2.88. The van der Waals surface area contributed by atoms with Gasteiger partial charge < -0.3 is 55.1 Å². The van der Waals surface area contributed by atoms with Crippen LogP contribution >= 0.6 is 0 Å². The summed E-state index contributed by atoms with van der Waals surface area (Å²) in [5, 5.41) is 93.7. The van der Waals surface area contributed by atoms with Crippen molar-refractivity contribution in [3.8, 4) is 0 Å². The minimum Gasteiger partial charge on any atom is -0.382 e. The fourth-order valence-electron chi connectivity index (χ4n) is 6.48. The quantitative estimate of drug-likeness (QED) is 0.103. The molecule has 2 heterocycles. The van der Waals surface area contributed by atoms with Crippen molar-refractivity contribution in [1.29, 1.82) is 0 Å². The van der Waals surface area contributed by atoms with E-state index in [1.165, 1.54) is 0 Å². The van der Waals surface area contributed by atoms with Gasteiger partial charge in [0.05, 0.1) is 0 Å². The van der Waals surface area contributed by atoms with E-state index in [4.69, 9.17) is 14.2 Å². The Bertz CT molecular complexity index is 1330. The molecule has 8 N–H and O–H groups in total. The molecule has 2 aliphatic rings. The molecular formula is C27H38O18. The van der Waals surface area contributed by atoms with Crippen molar-refractivity contribution in [2.75, 3.05) is 7.11 Å². The molecule has 0 aliphatic carbocycles. The summed E-state index contributed by atoms with van der Waals surface area (Å²) in [7, 11) is 0.754. The Morgan fingerprint density at radius 3 is 1.24 bits per heavy atom. The zero-order valence-electron chi connectivity index (χ0n) is 25.6. The third-order valence-corrected chi connectivity index (χ3v) is 9.00. The fourth-order valence-corrected chi connectivity index (χ4v) is 6.48. The van der Waals surface area contributed by atoms with Gasteiger partial charge >= 0.3 is 0 Å². The maximum Gasteiger partial charge on any atom is 0.212 e. The summed E-state index contributed by atoms with van der Waals surface area (Å²) in [4.78, 5) is 90.7. The Labute approximate surface area is 255 Å². The molecule has 0 bridgehead atoms. The van der Waals surface area contributed by atoms with E-state index in [9.17, 15) is 74.4 Å². The number of ketones is 7. The van der Waals surface area contributed by atoms with E-state index in [1.54, 1.807) is 0 Å². The number of hydrogen-bond donors (Lipinski definition) is 8. The molecule has 2 fully saturated rings. The molecule has 0 saturated carbocycles. The number of rotatable bonds is 11. The molecule has 0 radical (unpaired) electrons. The van der Waals surface area contributed by atoms with Crippen LogP contribution in [0, 0.1) is 0 Å². The molecule has 45 heavy (non-hydrogen) atoms. The largest absolute Gasteiger partial charge is 0.382 e. The first-order chi connectivity index (χ1) is 20.2. The van der Waals surface area contributed by atoms with Gasteiger partial charge in [0.1, 0.15) is 30.5 Å². The lowest BCUT2D eigenvalue weighted by Crippen LogP contribution is -2.95. The van der Waals surface area contributed by atoms with Gasteiger partial charge in [0.25, 0.3) is 0 Å². The number of hydrogen-bond acceptors (Lipinski definition) is 18. The number of carbonyl (C=O) groups is 7. The van der Waals surface area contributed by atoms with Gasteiger partial charge in [-0.1, -0.05) is 0 Å². The van der Waals surface area contributed by atoms with Crippen molar-refractivity contribution in [3.05, 3.63) is 0 Å². The average molecular weight is 651 g/mol. The molecule has 2 saturated heterocycles. The van der Waals surface area contributed by atoms with Crippen molar-refractivity contribution in [1.82, 2.24) is 0 Å². The first-order valence-electron chi connectivity index (χ1n) is 13.3. The summed E-state index contributed by atoms with van der Waals surface area (Å²) in [5.74, 6) is -11.6. The van der Waals surface area contributed by atoms with E-state index in [1.807, 2.05) is 0 Å². The summed E-state index contributed by atoms with van der Waals surface area (Å²) in [6.45, 7) is 3.62. The number of aliphatic hydroxyl groups is 8. The van der Waals surface area contributed by atoms with Crippen LogP contribution < -0.4 is 0 Å². The minimum absolute atomic E-state index is 0.401.